The van der Waals surface area contributed by atoms with Gasteiger partial charge < -0.3 is 5.32 Å². The van der Waals surface area contributed by atoms with E-state index in [-0.39, 0.29) is 18.4 Å². The second-order valence-corrected chi connectivity index (χ2v) is 6.90. The van der Waals surface area contributed by atoms with Gasteiger partial charge in [0, 0.05) is 41.8 Å². The van der Waals surface area contributed by atoms with Crippen LogP contribution in [0, 0.1) is 13.8 Å². The van der Waals surface area contributed by atoms with Gasteiger partial charge in [-0.2, -0.15) is 26.3 Å². The quantitative estimate of drug-likeness (QED) is 0.447. The Bertz CT molecular complexity index is 1170. The molecule has 3 aromatic rings. The second-order valence-electron chi connectivity index (χ2n) is 6.90. The third-order valence-electron chi connectivity index (χ3n) is 4.39. The normalized spacial score (nSPS) is 12.4. The van der Waals surface area contributed by atoms with Crippen molar-refractivity contribution in [2.75, 3.05) is 0 Å². The SMILES string of the molecule is Cc1ncc(CNC(=O)C=Cn2cnc(-c3cc(C(F)(F)F)cc(C(F)(F)F)c3)n2)c(C)n1. The second kappa shape index (κ2) is 9.00. The first-order valence-corrected chi connectivity index (χ1v) is 9.29. The van der Waals surface area contributed by atoms with Gasteiger partial charge in [0.2, 0.25) is 5.91 Å². The van der Waals surface area contributed by atoms with Crippen molar-refractivity contribution in [1.29, 1.82) is 0 Å². The monoisotopic (exact) mass is 470 g/mol. The lowest BCUT2D eigenvalue weighted by Crippen LogP contribution is -2.21. The summed E-state index contributed by atoms with van der Waals surface area (Å²) in [6.07, 6.45) is -5.12. The van der Waals surface area contributed by atoms with Crippen LogP contribution in [0.1, 0.15) is 28.2 Å². The van der Waals surface area contributed by atoms with E-state index in [1.54, 1.807) is 20.0 Å². The molecule has 0 saturated heterocycles. The molecule has 2 aromatic heterocycles. The minimum atomic E-state index is -4.99. The van der Waals surface area contributed by atoms with Crippen molar-refractivity contribution in [3.63, 3.8) is 0 Å². The highest BCUT2D eigenvalue weighted by Gasteiger charge is 2.37. The summed E-state index contributed by atoms with van der Waals surface area (Å²) in [7, 11) is 0. The molecule has 0 saturated carbocycles. The van der Waals surface area contributed by atoms with E-state index in [2.05, 4.69) is 25.4 Å². The highest BCUT2D eigenvalue weighted by molar-refractivity contribution is 5.89. The number of aryl methyl sites for hydroxylation is 2. The van der Waals surface area contributed by atoms with Crippen LogP contribution in [0.5, 0.6) is 0 Å². The Morgan fingerprint density at radius 1 is 1.03 bits per heavy atom. The molecule has 0 fully saturated rings. The molecule has 1 amide bonds. The van der Waals surface area contributed by atoms with Gasteiger partial charge in [0.15, 0.2) is 5.82 Å². The molecule has 0 unspecified atom stereocenters. The van der Waals surface area contributed by atoms with Crippen LogP contribution in [0.2, 0.25) is 0 Å². The molecule has 7 nitrogen and oxygen atoms in total. The first-order valence-electron chi connectivity index (χ1n) is 9.29. The molecular formula is C20H16F6N6O. The number of carbonyl (C=O) groups excluding carboxylic acids is 1. The lowest BCUT2D eigenvalue weighted by Gasteiger charge is -2.13. The predicted octanol–water partition coefficient (Wildman–Crippen LogP) is 4.18. The van der Waals surface area contributed by atoms with Gasteiger partial charge in [-0.05, 0) is 32.0 Å². The summed E-state index contributed by atoms with van der Waals surface area (Å²) in [6.45, 7) is 3.65. The van der Waals surface area contributed by atoms with E-state index in [9.17, 15) is 31.1 Å². The number of nitrogens with zero attached hydrogens (tertiary/aromatic N) is 5. The Morgan fingerprint density at radius 2 is 1.67 bits per heavy atom. The van der Waals surface area contributed by atoms with Crippen LogP contribution in [0.25, 0.3) is 17.6 Å². The Morgan fingerprint density at radius 3 is 2.24 bits per heavy atom. The molecule has 0 spiro atoms. The molecule has 1 aromatic carbocycles. The number of hydrogen-bond donors (Lipinski definition) is 1. The van der Waals surface area contributed by atoms with Crippen molar-refractivity contribution in [2.45, 2.75) is 32.7 Å². The number of nitrogens with one attached hydrogen (secondary N) is 1. The van der Waals surface area contributed by atoms with E-state index in [0.717, 1.165) is 23.3 Å². The number of halogens is 6. The summed E-state index contributed by atoms with van der Waals surface area (Å²) in [5, 5.41) is 6.42. The number of rotatable bonds is 5. The first kappa shape index (κ1) is 23.9. The number of benzene rings is 1. The standard InChI is InChI=1S/C20H16F6N6O/c1-11-14(8-27-12(2)30-11)9-28-17(33)3-4-32-10-29-18(31-32)13-5-15(19(21,22)23)7-16(6-13)20(24,25)26/h3-8,10H,9H2,1-2H3,(H,28,33). The molecule has 0 aliphatic carbocycles. The maximum atomic E-state index is 13.0. The summed E-state index contributed by atoms with van der Waals surface area (Å²) in [4.78, 5) is 24.0. The Labute approximate surface area is 183 Å². The lowest BCUT2D eigenvalue weighted by molar-refractivity contribution is -0.143. The molecule has 0 radical (unpaired) electrons. The summed E-state index contributed by atoms with van der Waals surface area (Å²) in [5.41, 5.74) is -2.02. The van der Waals surface area contributed by atoms with E-state index in [1.807, 2.05) is 0 Å². The van der Waals surface area contributed by atoms with Crippen LogP contribution in [0.15, 0.2) is 36.8 Å². The van der Waals surface area contributed by atoms with Crippen LogP contribution in [0.4, 0.5) is 26.3 Å². The number of hydrogen-bond acceptors (Lipinski definition) is 5. The van der Waals surface area contributed by atoms with E-state index in [1.165, 1.54) is 0 Å². The van der Waals surface area contributed by atoms with Crippen LogP contribution in [0.3, 0.4) is 0 Å². The molecule has 0 bridgehead atoms. The molecule has 13 heteroatoms. The van der Waals surface area contributed by atoms with Gasteiger partial charge in [0.1, 0.15) is 12.2 Å². The fourth-order valence-electron chi connectivity index (χ4n) is 2.73. The predicted molar refractivity (Wildman–Crippen MR) is 104 cm³/mol. The van der Waals surface area contributed by atoms with Gasteiger partial charge >= 0.3 is 12.4 Å². The van der Waals surface area contributed by atoms with Crippen molar-refractivity contribution in [3.8, 4) is 11.4 Å². The van der Waals surface area contributed by atoms with Crippen molar-refractivity contribution < 1.29 is 31.1 Å². The van der Waals surface area contributed by atoms with E-state index in [4.69, 9.17) is 0 Å². The molecule has 0 atom stereocenters. The molecule has 0 aliphatic rings. The van der Waals surface area contributed by atoms with Gasteiger partial charge in [0.05, 0.1) is 11.1 Å². The number of alkyl halides is 6. The van der Waals surface area contributed by atoms with Crippen molar-refractivity contribution in [2.24, 2.45) is 0 Å². The van der Waals surface area contributed by atoms with Crippen molar-refractivity contribution >= 4 is 12.1 Å². The zero-order valence-corrected chi connectivity index (χ0v) is 17.2. The van der Waals surface area contributed by atoms with Crippen molar-refractivity contribution in [1.82, 2.24) is 30.0 Å². The van der Waals surface area contributed by atoms with Crippen molar-refractivity contribution in [3.05, 3.63) is 65.0 Å². The smallest absolute Gasteiger partial charge is 0.348 e. The molecule has 2 heterocycles. The molecule has 3 rings (SSSR count). The van der Waals surface area contributed by atoms with E-state index < -0.39 is 35.0 Å². The fraction of sp³-hybridized carbons (Fsp3) is 0.250. The zero-order chi connectivity index (χ0) is 24.4. The topological polar surface area (TPSA) is 85.6 Å². The highest BCUT2D eigenvalue weighted by atomic mass is 19.4. The Hall–Kier alpha value is -3.77. The lowest BCUT2D eigenvalue weighted by atomic mass is 10.0. The van der Waals surface area contributed by atoms with Gasteiger partial charge in [-0.25, -0.2) is 19.6 Å². The van der Waals surface area contributed by atoms with Gasteiger partial charge in [-0.15, -0.1) is 5.10 Å². The average Bonchev–Trinajstić information content (AvgIpc) is 3.19. The molecule has 174 valence electrons. The maximum Gasteiger partial charge on any atom is 0.416 e. The number of carbonyl (C=O) groups is 1. The molecule has 1 N–H and O–H groups in total. The Balaban J connectivity index is 1.75. The third-order valence-corrected chi connectivity index (χ3v) is 4.39. The molecule has 0 aliphatic heterocycles. The minimum absolute atomic E-state index is 0.0194. The summed E-state index contributed by atoms with van der Waals surface area (Å²) >= 11 is 0. The van der Waals surface area contributed by atoms with Crippen LogP contribution >= 0.6 is 0 Å². The van der Waals surface area contributed by atoms with Gasteiger partial charge in [-0.1, -0.05) is 0 Å². The fourth-order valence-corrected chi connectivity index (χ4v) is 2.73. The minimum Gasteiger partial charge on any atom is -0.348 e. The van der Waals surface area contributed by atoms with Gasteiger partial charge in [0.25, 0.3) is 0 Å². The number of amides is 1. The highest BCUT2D eigenvalue weighted by Crippen LogP contribution is 2.38. The zero-order valence-electron chi connectivity index (χ0n) is 17.2. The summed E-state index contributed by atoms with van der Waals surface area (Å²) < 4.78 is 79.2. The van der Waals surface area contributed by atoms with Crippen LogP contribution < -0.4 is 5.32 Å². The summed E-state index contributed by atoms with van der Waals surface area (Å²) in [6, 6.07) is 1.07. The Kier molecular flexibility index (Phi) is 6.51. The summed E-state index contributed by atoms with van der Waals surface area (Å²) in [5.74, 6) is -0.304. The van der Waals surface area contributed by atoms with E-state index in [0.29, 0.717) is 29.2 Å². The largest absolute Gasteiger partial charge is 0.416 e. The maximum absolute atomic E-state index is 13.0. The average molecular weight is 470 g/mol. The molecule has 33 heavy (non-hydrogen) atoms. The van der Waals surface area contributed by atoms with Crippen LogP contribution in [-0.2, 0) is 23.7 Å². The number of aromatic nitrogens is 5. The third kappa shape index (κ3) is 6.14. The van der Waals surface area contributed by atoms with E-state index >= 15 is 0 Å². The van der Waals surface area contributed by atoms with Gasteiger partial charge in [-0.3, -0.25) is 4.79 Å². The van der Waals surface area contributed by atoms with Crippen LogP contribution in [-0.4, -0.2) is 30.6 Å². The molecular weight excluding hydrogens is 454 g/mol. The first-order chi connectivity index (χ1) is 15.3.